The molecule has 0 aliphatic heterocycles. The number of carbonyl (C=O) groups excluding carboxylic acids is 1. The molecule has 1 heterocycles. The normalized spacial score (nSPS) is 10.4. The molecule has 0 saturated heterocycles. The van der Waals surface area contributed by atoms with Gasteiger partial charge in [-0.15, -0.1) is 11.3 Å². The predicted molar refractivity (Wildman–Crippen MR) is 69.8 cm³/mol. The molecule has 0 atom stereocenters. The van der Waals surface area contributed by atoms with Crippen molar-refractivity contribution in [1.82, 2.24) is 4.90 Å². The number of hydrogen-bond acceptors (Lipinski definition) is 2. The molecular formula is C13H21NOS. The Kier molecular flexibility index (Phi) is 6.16. The van der Waals surface area contributed by atoms with E-state index in [4.69, 9.17) is 0 Å². The Hall–Kier alpha value is -0.830. The summed E-state index contributed by atoms with van der Waals surface area (Å²) in [5, 5.41) is 2.07. The third kappa shape index (κ3) is 4.35. The van der Waals surface area contributed by atoms with Crippen LogP contribution in [0, 0.1) is 0 Å². The lowest BCUT2D eigenvalue weighted by Crippen LogP contribution is -2.32. The minimum Gasteiger partial charge on any atom is -0.343 e. The maximum atomic E-state index is 11.9. The van der Waals surface area contributed by atoms with Crippen molar-refractivity contribution >= 4 is 17.2 Å². The number of rotatable bonds is 7. The summed E-state index contributed by atoms with van der Waals surface area (Å²) in [6, 6.07) is 4.14. The molecule has 0 aliphatic carbocycles. The van der Waals surface area contributed by atoms with Crippen LogP contribution in [0.2, 0.25) is 0 Å². The van der Waals surface area contributed by atoms with Crippen molar-refractivity contribution in [1.29, 1.82) is 0 Å². The summed E-state index contributed by atoms with van der Waals surface area (Å²) in [6.45, 7) is 6.04. The summed E-state index contributed by atoms with van der Waals surface area (Å²) < 4.78 is 0. The van der Waals surface area contributed by atoms with E-state index in [1.165, 1.54) is 4.88 Å². The molecule has 16 heavy (non-hydrogen) atoms. The van der Waals surface area contributed by atoms with Gasteiger partial charge in [0.1, 0.15) is 0 Å². The number of hydrogen-bond donors (Lipinski definition) is 0. The molecule has 0 saturated carbocycles. The van der Waals surface area contributed by atoms with E-state index in [9.17, 15) is 4.79 Å². The van der Waals surface area contributed by atoms with Crippen LogP contribution in [0.1, 0.15) is 38.0 Å². The molecule has 1 rings (SSSR count). The Labute approximate surface area is 102 Å². The standard InChI is InChI=1S/C13H21NOS/c1-3-9-14(10-4-2)13(15)8-7-12-6-5-11-16-12/h5-6,11H,3-4,7-10H2,1-2H3. The molecule has 0 unspecified atom stereocenters. The average molecular weight is 239 g/mol. The fourth-order valence-electron chi connectivity index (χ4n) is 1.74. The van der Waals surface area contributed by atoms with Crippen LogP contribution in [0.3, 0.4) is 0 Å². The number of carbonyl (C=O) groups is 1. The quantitative estimate of drug-likeness (QED) is 0.714. The van der Waals surface area contributed by atoms with E-state index in [1.807, 2.05) is 11.0 Å². The molecule has 0 aliphatic rings. The van der Waals surface area contributed by atoms with E-state index in [1.54, 1.807) is 11.3 Å². The second-order valence-electron chi connectivity index (χ2n) is 3.96. The van der Waals surface area contributed by atoms with Crippen LogP contribution in [0.15, 0.2) is 17.5 Å². The minimum atomic E-state index is 0.303. The van der Waals surface area contributed by atoms with Crippen molar-refractivity contribution in [2.24, 2.45) is 0 Å². The van der Waals surface area contributed by atoms with Gasteiger partial charge in [0.2, 0.25) is 5.91 Å². The fraction of sp³-hybridized carbons (Fsp3) is 0.615. The fourth-order valence-corrected chi connectivity index (χ4v) is 2.45. The van der Waals surface area contributed by atoms with Gasteiger partial charge in [0.25, 0.3) is 0 Å². The lowest BCUT2D eigenvalue weighted by atomic mass is 10.2. The van der Waals surface area contributed by atoms with Crippen molar-refractivity contribution < 1.29 is 4.79 Å². The smallest absolute Gasteiger partial charge is 0.222 e. The van der Waals surface area contributed by atoms with Crippen molar-refractivity contribution in [2.45, 2.75) is 39.5 Å². The molecule has 1 amide bonds. The van der Waals surface area contributed by atoms with Gasteiger partial charge in [-0.25, -0.2) is 0 Å². The third-order valence-corrected chi connectivity index (χ3v) is 3.44. The lowest BCUT2D eigenvalue weighted by molar-refractivity contribution is -0.131. The first-order valence-corrected chi connectivity index (χ1v) is 6.96. The van der Waals surface area contributed by atoms with Gasteiger partial charge in [-0.05, 0) is 30.7 Å². The maximum Gasteiger partial charge on any atom is 0.222 e. The van der Waals surface area contributed by atoms with Crippen LogP contribution in [0.4, 0.5) is 0 Å². The third-order valence-electron chi connectivity index (χ3n) is 2.51. The van der Waals surface area contributed by atoms with E-state index < -0.39 is 0 Å². The Morgan fingerprint density at radius 3 is 2.50 bits per heavy atom. The number of thiophene rings is 1. The van der Waals surface area contributed by atoms with Crippen molar-refractivity contribution in [3.05, 3.63) is 22.4 Å². The minimum absolute atomic E-state index is 0.303. The van der Waals surface area contributed by atoms with Crippen LogP contribution in [0.5, 0.6) is 0 Å². The number of nitrogens with zero attached hydrogens (tertiary/aromatic N) is 1. The molecule has 1 aromatic rings. The molecular weight excluding hydrogens is 218 g/mol. The van der Waals surface area contributed by atoms with Crippen molar-refractivity contribution in [3.8, 4) is 0 Å². The van der Waals surface area contributed by atoms with Crippen LogP contribution < -0.4 is 0 Å². The second-order valence-corrected chi connectivity index (χ2v) is 4.99. The monoisotopic (exact) mass is 239 g/mol. The summed E-state index contributed by atoms with van der Waals surface area (Å²) in [7, 11) is 0. The van der Waals surface area contributed by atoms with E-state index in [0.717, 1.165) is 32.4 Å². The highest BCUT2D eigenvalue weighted by atomic mass is 32.1. The molecule has 3 heteroatoms. The number of amides is 1. The Morgan fingerprint density at radius 2 is 2.00 bits per heavy atom. The molecule has 0 radical (unpaired) electrons. The van der Waals surface area contributed by atoms with Crippen LogP contribution in [-0.4, -0.2) is 23.9 Å². The lowest BCUT2D eigenvalue weighted by Gasteiger charge is -2.21. The summed E-state index contributed by atoms with van der Waals surface area (Å²) in [5.41, 5.74) is 0. The second kappa shape index (κ2) is 7.44. The molecule has 2 nitrogen and oxygen atoms in total. The molecule has 0 N–H and O–H groups in total. The van der Waals surface area contributed by atoms with Gasteiger partial charge in [0, 0.05) is 24.4 Å². The van der Waals surface area contributed by atoms with Crippen molar-refractivity contribution in [3.63, 3.8) is 0 Å². The van der Waals surface area contributed by atoms with Crippen LogP contribution in [0.25, 0.3) is 0 Å². The van der Waals surface area contributed by atoms with Crippen molar-refractivity contribution in [2.75, 3.05) is 13.1 Å². The first-order valence-electron chi connectivity index (χ1n) is 6.08. The molecule has 0 fully saturated rings. The zero-order chi connectivity index (χ0) is 11.8. The van der Waals surface area contributed by atoms with E-state index in [-0.39, 0.29) is 0 Å². The average Bonchev–Trinajstić information content (AvgIpc) is 2.78. The highest BCUT2D eigenvalue weighted by Gasteiger charge is 2.11. The molecule has 1 aromatic heterocycles. The summed E-state index contributed by atoms with van der Waals surface area (Å²) in [5.74, 6) is 0.303. The zero-order valence-corrected chi connectivity index (χ0v) is 11.1. The number of aryl methyl sites for hydroxylation is 1. The van der Waals surface area contributed by atoms with E-state index >= 15 is 0 Å². The van der Waals surface area contributed by atoms with Gasteiger partial charge in [-0.3, -0.25) is 4.79 Å². The Bertz CT molecular complexity index is 289. The van der Waals surface area contributed by atoms with Gasteiger partial charge in [-0.2, -0.15) is 0 Å². The van der Waals surface area contributed by atoms with Gasteiger partial charge in [-0.1, -0.05) is 19.9 Å². The molecule has 0 aromatic carbocycles. The molecule has 0 bridgehead atoms. The van der Waals surface area contributed by atoms with Crippen LogP contribution in [-0.2, 0) is 11.2 Å². The molecule has 0 spiro atoms. The van der Waals surface area contributed by atoms with E-state index in [0.29, 0.717) is 12.3 Å². The predicted octanol–water partition coefficient (Wildman–Crippen LogP) is 3.33. The van der Waals surface area contributed by atoms with Gasteiger partial charge >= 0.3 is 0 Å². The van der Waals surface area contributed by atoms with Gasteiger partial charge < -0.3 is 4.90 Å². The topological polar surface area (TPSA) is 20.3 Å². The first-order chi connectivity index (χ1) is 7.77. The molecule has 90 valence electrons. The summed E-state index contributed by atoms with van der Waals surface area (Å²) in [6.07, 6.45) is 3.64. The summed E-state index contributed by atoms with van der Waals surface area (Å²) in [4.78, 5) is 15.2. The van der Waals surface area contributed by atoms with Gasteiger partial charge in [0.15, 0.2) is 0 Å². The Balaban J connectivity index is 2.36. The maximum absolute atomic E-state index is 11.9. The van der Waals surface area contributed by atoms with E-state index in [2.05, 4.69) is 25.3 Å². The SMILES string of the molecule is CCCN(CCC)C(=O)CCc1cccs1. The largest absolute Gasteiger partial charge is 0.343 e. The zero-order valence-electron chi connectivity index (χ0n) is 10.2. The highest BCUT2D eigenvalue weighted by molar-refractivity contribution is 7.09. The van der Waals surface area contributed by atoms with Gasteiger partial charge in [0.05, 0.1) is 0 Å². The highest BCUT2D eigenvalue weighted by Crippen LogP contribution is 2.12. The first kappa shape index (κ1) is 13.2. The Morgan fingerprint density at radius 1 is 1.31 bits per heavy atom. The van der Waals surface area contributed by atoms with Crippen LogP contribution >= 0.6 is 11.3 Å². The summed E-state index contributed by atoms with van der Waals surface area (Å²) >= 11 is 1.73.